The highest BCUT2D eigenvalue weighted by molar-refractivity contribution is 7.16. The number of fused-ring (bicyclic) bond motifs is 1. The maximum Gasteiger partial charge on any atom is 0.279 e. The molecule has 7 nitrogen and oxygen atoms in total. The molecule has 0 aliphatic carbocycles. The van der Waals surface area contributed by atoms with Gasteiger partial charge in [-0.15, -0.1) is 6.42 Å². The lowest BCUT2D eigenvalue weighted by Gasteiger charge is -2.03. The fourth-order valence-electron chi connectivity index (χ4n) is 2.51. The van der Waals surface area contributed by atoms with Gasteiger partial charge in [0.15, 0.2) is 4.80 Å². The molecule has 27 heavy (non-hydrogen) atoms. The molecule has 0 bridgehead atoms. The van der Waals surface area contributed by atoms with Gasteiger partial charge in [0.1, 0.15) is 5.75 Å². The molecule has 0 saturated heterocycles. The molecule has 136 valence electrons. The molecule has 8 heteroatoms. The van der Waals surface area contributed by atoms with Crippen LogP contribution in [0.3, 0.4) is 0 Å². The van der Waals surface area contributed by atoms with E-state index in [4.69, 9.17) is 11.2 Å². The van der Waals surface area contributed by atoms with Gasteiger partial charge in [-0.05, 0) is 37.3 Å². The summed E-state index contributed by atoms with van der Waals surface area (Å²) in [5, 5.41) is 11.0. The number of hydrogen-bond acceptors (Lipinski definition) is 5. The van der Waals surface area contributed by atoms with Gasteiger partial charge < -0.3 is 9.30 Å². The van der Waals surface area contributed by atoms with E-state index in [2.05, 4.69) is 10.9 Å². The van der Waals surface area contributed by atoms with Crippen molar-refractivity contribution < 1.29 is 14.5 Å². The van der Waals surface area contributed by atoms with E-state index in [1.54, 1.807) is 34.9 Å². The van der Waals surface area contributed by atoms with E-state index in [1.807, 2.05) is 6.92 Å². The van der Waals surface area contributed by atoms with Gasteiger partial charge in [-0.3, -0.25) is 14.9 Å². The van der Waals surface area contributed by atoms with Crippen LogP contribution in [0.15, 0.2) is 47.5 Å². The monoisotopic (exact) mass is 381 g/mol. The molecule has 0 spiro atoms. The molecule has 0 fully saturated rings. The molecule has 1 heterocycles. The zero-order valence-corrected chi connectivity index (χ0v) is 15.2. The van der Waals surface area contributed by atoms with Crippen LogP contribution in [0.5, 0.6) is 5.75 Å². The van der Waals surface area contributed by atoms with Crippen LogP contribution in [0, 0.1) is 22.5 Å². The minimum absolute atomic E-state index is 0.0459. The van der Waals surface area contributed by atoms with Gasteiger partial charge in [-0.1, -0.05) is 17.3 Å². The van der Waals surface area contributed by atoms with Crippen molar-refractivity contribution in [2.45, 2.75) is 13.5 Å². The van der Waals surface area contributed by atoms with Gasteiger partial charge in [0.25, 0.3) is 11.6 Å². The number of thiazole rings is 1. The Morgan fingerprint density at radius 1 is 1.33 bits per heavy atom. The third-order valence-electron chi connectivity index (χ3n) is 3.74. The molecule has 0 atom stereocenters. The van der Waals surface area contributed by atoms with Gasteiger partial charge in [0.2, 0.25) is 0 Å². The second-order valence-electron chi connectivity index (χ2n) is 5.46. The molecule has 3 rings (SSSR count). The first kappa shape index (κ1) is 18.4. The van der Waals surface area contributed by atoms with Crippen LogP contribution in [0.4, 0.5) is 5.69 Å². The van der Waals surface area contributed by atoms with Gasteiger partial charge in [0, 0.05) is 17.7 Å². The van der Waals surface area contributed by atoms with E-state index in [1.165, 1.54) is 23.5 Å². The van der Waals surface area contributed by atoms with Crippen molar-refractivity contribution in [2.75, 3.05) is 6.61 Å². The number of nitro groups is 1. The summed E-state index contributed by atoms with van der Waals surface area (Å²) in [6, 6.07) is 11.2. The number of amides is 1. The van der Waals surface area contributed by atoms with Crippen LogP contribution in [0.25, 0.3) is 10.2 Å². The smallest absolute Gasteiger partial charge is 0.279 e. The Labute approximate surface area is 158 Å². The van der Waals surface area contributed by atoms with E-state index in [9.17, 15) is 14.9 Å². The molecule has 3 aromatic rings. The largest absolute Gasteiger partial charge is 0.494 e. The summed E-state index contributed by atoms with van der Waals surface area (Å²) in [5.41, 5.74) is 0.940. The Balaban J connectivity index is 2.06. The highest BCUT2D eigenvalue weighted by Crippen LogP contribution is 2.23. The van der Waals surface area contributed by atoms with Crippen LogP contribution in [0.2, 0.25) is 0 Å². The average Bonchev–Trinajstić information content (AvgIpc) is 2.99. The number of aromatic nitrogens is 1. The third-order valence-corrected chi connectivity index (χ3v) is 4.79. The molecule has 0 radical (unpaired) electrons. The third kappa shape index (κ3) is 3.88. The molecule has 0 saturated carbocycles. The number of benzene rings is 2. The summed E-state index contributed by atoms with van der Waals surface area (Å²) < 4.78 is 7.74. The second kappa shape index (κ2) is 7.85. The number of carbonyl (C=O) groups excluding carboxylic acids is 1. The molecule has 1 amide bonds. The number of nitro benzene ring substituents is 1. The minimum Gasteiger partial charge on any atom is -0.494 e. The van der Waals surface area contributed by atoms with Crippen molar-refractivity contribution in [1.82, 2.24) is 4.57 Å². The Morgan fingerprint density at radius 2 is 2.07 bits per heavy atom. The summed E-state index contributed by atoms with van der Waals surface area (Å²) >= 11 is 1.25. The van der Waals surface area contributed by atoms with Crippen molar-refractivity contribution >= 4 is 33.1 Å². The number of hydrogen-bond donors (Lipinski definition) is 0. The number of nitrogens with zero attached hydrogens (tertiary/aromatic N) is 3. The summed E-state index contributed by atoms with van der Waals surface area (Å²) in [6.45, 7) is 2.57. The Bertz CT molecular complexity index is 1120. The lowest BCUT2D eigenvalue weighted by Crippen LogP contribution is -2.16. The fourth-order valence-corrected chi connectivity index (χ4v) is 3.52. The molecule has 0 aliphatic rings. The average molecular weight is 381 g/mol. The van der Waals surface area contributed by atoms with Gasteiger partial charge in [-0.2, -0.15) is 4.99 Å². The van der Waals surface area contributed by atoms with Crippen LogP contribution in [0.1, 0.15) is 17.3 Å². The van der Waals surface area contributed by atoms with E-state index < -0.39 is 10.8 Å². The zero-order valence-electron chi connectivity index (χ0n) is 14.4. The maximum absolute atomic E-state index is 12.5. The minimum atomic E-state index is -0.473. The van der Waals surface area contributed by atoms with Crippen LogP contribution >= 0.6 is 11.3 Å². The topological polar surface area (TPSA) is 86.7 Å². The number of non-ortho nitro benzene ring substituents is 1. The van der Waals surface area contributed by atoms with Crippen molar-refractivity contribution in [2.24, 2.45) is 4.99 Å². The summed E-state index contributed by atoms with van der Waals surface area (Å²) in [7, 11) is 0. The fraction of sp³-hybridized carbons (Fsp3) is 0.158. The maximum atomic E-state index is 12.5. The quantitative estimate of drug-likeness (QED) is 0.385. The van der Waals surface area contributed by atoms with Gasteiger partial charge in [-0.25, -0.2) is 0 Å². The Morgan fingerprint density at radius 3 is 2.70 bits per heavy atom. The highest BCUT2D eigenvalue weighted by atomic mass is 32.1. The van der Waals surface area contributed by atoms with Crippen LogP contribution in [-0.2, 0) is 6.54 Å². The number of terminal acetylenes is 1. The first-order valence-electron chi connectivity index (χ1n) is 8.06. The standard InChI is InChI=1S/C19H15N3O4S/c1-3-11-21-16-12-14(22(24)25)7-10-17(16)27-19(21)20-18(23)13-5-8-15(9-6-13)26-4-2/h1,5-10,12H,4,11H2,2H3. The van der Waals surface area contributed by atoms with Crippen molar-refractivity contribution in [3.8, 4) is 18.1 Å². The Kier molecular flexibility index (Phi) is 5.33. The van der Waals surface area contributed by atoms with Crippen molar-refractivity contribution in [3.63, 3.8) is 0 Å². The SMILES string of the molecule is C#CCn1c(=NC(=O)c2ccc(OCC)cc2)sc2ccc([N+](=O)[O-])cc21. The van der Waals surface area contributed by atoms with Gasteiger partial charge >= 0.3 is 0 Å². The number of ether oxygens (including phenoxy) is 1. The lowest BCUT2D eigenvalue weighted by molar-refractivity contribution is -0.384. The first-order chi connectivity index (χ1) is 13.0. The molecule has 0 unspecified atom stereocenters. The van der Waals surface area contributed by atoms with Gasteiger partial charge in [0.05, 0.1) is 28.3 Å². The van der Waals surface area contributed by atoms with E-state index in [0.29, 0.717) is 28.2 Å². The molecular formula is C19H15N3O4S. The normalized spacial score (nSPS) is 11.3. The number of rotatable bonds is 5. The molecular weight excluding hydrogens is 366 g/mol. The molecule has 2 aromatic carbocycles. The molecule has 0 aliphatic heterocycles. The predicted octanol–water partition coefficient (Wildman–Crippen LogP) is 3.38. The van der Waals surface area contributed by atoms with Crippen molar-refractivity contribution in [1.29, 1.82) is 0 Å². The van der Waals surface area contributed by atoms with E-state index in [0.717, 1.165) is 4.70 Å². The lowest BCUT2D eigenvalue weighted by atomic mass is 10.2. The first-order valence-corrected chi connectivity index (χ1v) is 8.88. The summed E-state index contributed by atoms with van der Waals surface area (Å²) in [5.74, 6) is 2.74. The highest BCUT2D eigenvalue weighted by Gasteiger charge is 2.13. The van der Waals surface area contributed by atoms with E-state index in [-0.39, 0.29) is 12.2 Å². The van der Waals surface area contributed by atoms with Crippen LogP contribution < -0.4 is 9.54 Å². The Hall–Kier alpha value is -3.44. The zero-order chi connectivity index (χ0) is 19.4. The summed E-state index contributed by atoms with van der Waals surface area (Å²) in [6.07, 6.45) is 5.42. The summed E-state index contributed by atoms with van der Waals surface area (Å²) in [4.78, 5) is 27.6. The predicted molar refractivity (Wildman–Crippen MR) is 103 cm³/mol. The van der Waals surface area contributed by atoms with Crippen molar-refractivity contribution in [3.05, 3.63) is 62.9 Å². The number of carbonyl (C=O) groups is 1. The van der Waals surface area contributed by atoms with E-state index >= 15 is 0 Å². The molecule has 1 aromatic heterocycles. The molecule has 0 N–H and O–H groups in total. The van der Waals surface area contributed by atoms with Crippen LogP contribution in [-0.4, -0.2) is 22.0 Å². The second-order valence-corrected chi connectivity index (χ2v) is 6.47.